The van der Waals surface area contributed by atoms with Gasteiger partial charge in [0.25, 0.3) is 0 Å². The number of rotatable bonds is 1. The van der Waals surface area contributed by atoms with Crippen molar-refractivity contribution in [2.75, 3.05) is 5.75 Å². The van der Waals surface area contributed by atoms with Crippen LogP contribution in [0.5, 0.6) is 0 Å². The van der Waals surface area contributed by atoms with Crippen LogP contribution in [0.3, 0.4) is 0 Å². The third-order valence-corrected chi connectivity index (χ3v) is 5.02. The summed E-state index contributed by atoms with van der Waals surface area (Å²) >= 11 is 13.1. The van der Waals surface area contributed by atoms with Crippen LogP contribution in [0.4, 0.5) is 0 Å². The lowest BCUT2D eigenvalue weighted by atomic mass is 9.89. The van der Waals surface area contributed by atoms with Crippen molar-refractivity contribution < 1.29 is 0 Å². The first kappa shape index (κ1) is 12.2. The normalized spacial score (nSPS) is 18.5. The first-order chi connectivity index (χ1) is 8.75. The molecule has 18 heavy (non-hydrogen) atoms. The van der Waals surface area contributed by atoms with Gasteiger partial charge in [0.1, 0.15) is 0 Å². The molecule has 2 aromatic carbocycles. The molecule has 0 fully saturated rings. The Morgan fingerprint density at radius 3 is 2.56 bits per heavy atom. The summed E-state index contributed by atoms with van der Waals surface area (Å²) in [4.78, 5) is 0. The van der Waals surface area contributed by atoms with Gasteiger partial charge in [0.15, 0.2) is 0 Å². The highest BCUT2D eigenvalue weighted by atomic mass is 35.5. The van der Waals surface area contributed by atoms with E-state index in [1.54, 1.807) is 11.8 Å². The molecule has 1 atom stereocenters. The number of hydrogen-bond acceptors (Lipinski definition) is 2. The third-order valence-electron chi connectivity index (χ3n) is 3.21. The minimum absolute atomic E-state index is 0.412. The summed E-state index contributed by atoms with van der Waals surface area (Å²) in [5, 5.41) is 0.783. The van der Waals surface area contributed by atoms with Gasteiger partial charge in [-0.1, -0.05) is 60.2 Å². The Labute approximate surface area is 121 Å². The van der Waals surface area contributed by atoms with Gasteiger partial charge in [-0.25, -0.2) is 0 Å². The number of thiocarbonyl (C=S) groups is 1. The van der Waals surface area contributed by atoms with Gasteiger partial charge >= 0.3 is 0 Å². The molecule has 1 aliphatic heterocycles. The van der Waals surface area contributed by atoms with Crippen LogP contribution in [0.25, 0.3) is 0 Å². The molecule has 0 amide bonds. The summed E-state index contributed by atoms with van der Waals surface area (Å²) in [5.41, 5.74) is 3.86. The first-order valence-corrected chi connectivity index (χ1v) is 7.54. The topological polar surface area (TPSA) is 0 Å². The second-order valence-electron chi connectivity index (χ2n) is 4.29. The largest absolute Gasteiger partial charge is 0.113 e. The molecule has 90 valence electrons. The molecule has 3 heteroatoms. The van der Waals surface area contributed by atoms with Crippen molar-refractivity contribution >= 4 is 39.8 Å². The van der Waals surface area contributed by atoms with Gasteiger partial charge in [-0.2, -0.15) is 0 Å². The number of fused-ring (bicyclic) bond motifs is 1. The van der Waals surface area contributed by atoms with E-state index in [1.807, 2.05) is 12.1 Å². The number of hydrogen-bond donors (Lipinski definition) is 0. The maximum absolute atomic E-state index is 5.95. The standard InChI is InChI=1S/C15H11ClS2/c16-11-7-5-10(6-8-11)14-9-18-15(17)13-4-2-1-3-12(13)14/h1-8,14H,9H2. The molecule has 0 aromatic heterocycles. The fraction of sp³-hybridized carbons (Fsp3) is 0.133. The molecule has 1 unspecified atom stereocenters. The van der Waals surface area contributed by atoms with Crippen molar-refractivity contribution in [1.82, 2.24) is 0 Å². The summed E-state index contributed by atoms with van der Waals surface area (Å²) in [6, 6.07) is 16.6. The summed E-state index contributed by atoms with van der Waals surface area (Å²) in [5.74, 6) is 1.42. The molecule has 1 aliphatic rings. The van der Waals surface area contributed by atoms with Crippen LogP contribution in [0.2, 0.25) is 5.02 Å². The molecule has 0 N–H and O–H groups in total. The van der Waals surface area contributed by atoms with Gasteiger partial charge in [0.05, 0.1) is 4.20 Å². The molecular weight excluding hydrogens is 280 g/mol. The fourth-order valence-corrected chi connectivity index (χ4v) is 3.83. The van der Waals surface area contributed by atoms with Crippen LogP contribution in [0.1, 0.15) is 22.6 Å². The van der Waals surface area contributed by atoms with Crippen molar-refractivity contribution in [3.8, 4) is 0 Å². The summed E-state index contributed by atoms with van der Waals surface area (Å²) in [7, 11) is 0. The van der Waals surface area contributed by atoms with Crippen molar-refractivity contribution in [2.24, 2.45) is 0 Å². The molecule has 1 heterocycles. The first-order valence-electron chi connectivity index (χ1n) is 5.77. The number of thioether (sulfide) groups is 1. The summed E-state index contributed by atoms with van der Waals surface area (Å²) < 4.78 is 1.01. The SMILES string of the molecule is S=C1SCC(c2ccc(Cl)cc2)c2ccccc21. The second-order valence-corrected chi connectivity index (χ2v) is 6.42. The zero-order chi connectivity index (χ0) is 12.5. The molecular formula is C15H11ClS2. The zero-order valence-corrected chi connectivity index (χ0v) is 12.0. The van der Waals surface area contributed by atoms with E-state index in [4.69, 9.17) is 23.8 Å². The van der Waals surface area contributed by atoms with Gasteiger partial charge in [-0.15, -0.1) is 11.8 Å². The molecule has 0 saturated heterocycles. The average Bonchev–Trinajstić information content (AvgIpc) is 2.41. The maximum Gasteiger partial charge on any atom is 0.0781 e. The summed E-state index contributed by atoms with van der Waals surface area (Å²) in [6.07, 6.45) is 0. The average molecular weight is 291 g/mol. The molecule has 3 rings (SSSR count). The second kappa shape index (κ2) is 5.04. The van der Waals surface area contributed by atoms with E-state index in [-0.39, 0.29) is 0 Å². The predicted molar refractivity (Wildman–Crippen MR) is 83.9 cm³/mol. The predicted octanol–water partition coefficient (Wildman–Crippen LogP) is 4.89. The molecule has 0 aliphatic carbocycles. The van der Waals surface area contributed by atoms with E-state index in [0.29, 0.717) is 5.92 Å². The Bertz CT molecular complexity index is 590. The van der Waals surface area contributed by atoms with Crippen molar-refractivity contribution in [1.29, 1.82) is 0 Å². The van der Waals surface area contributed by atoms with E-state index in [2.05, 4.69) is 36.4 Å². The minimum Gasteiger partial charge on any atom is -0.113 e. The zero-order valence-electron chi connectivity index (χ0n) is 9.60. The van der Waals surface area contributed by atoms with Gasteiger partial charge < -0.3 is 0 Å². The lowest BCUT2D eigenvalue weighted by Gasteiger charge is -2.26. The van der Waals surface area contributed by atoms with E-state index in [9.17, 15) is 0 Å². The van der Waals surface area contributed by atoms with Crippen molar-refractivity contribution in [3.63, 3.8) is 0 Å². The quantitative estimate of drug-likeness (QED) is 0.686. The number of benzene rings is 2. The van der Waals surface area contributed by atoms with Crippen LogP contribution in [-0.4, -0.2) is 9.95 Å². The monoisotopic (exact) mass is 290 g/mol. The van der Waals surface area contributed by atoms with Crippen LogP contribution >= 0.6 is 35.6 Å². The molecule has 2 aromatic rings. The van der Waals surface area contributed by atoms with Gasteiger partial charge in [0.2, 0.25) is 0 Å². The molecule has 0 nitrogen and oxygen atoms in total. The number of halogens is 1. The Hall–Kier alpha value is -0.830. The lowest BCUT2D eigenvalue weighted by Crippen LogP contribution is -2.15. The maximum atomic E-state index is 5.95. The Kier molecular flexibility index (Phi) is 3.42. The minimum atomic E-state index is 0.412. The van der Waals surface area contributed by atoms with Gasteiger partial charge in [0, 0.05) is 22.3 Å². The van der Waals surface area contributed by atoms with Crippen LogP contribution < -0.4 is 0 Å². The Balaban J connectivity index is 2.07. The van der Waals surface area contributed by atoms with E-state index >= 15 is 0 Å². The molecule has 0 radical (unpaired) electrons. The van der Waals surface area contributed by atoms with Gasteiger partial charge in [-0.3, -0.25) is 0 Å². The molecule has 0 bridgehead atoms. The van der Waals surface area contributed by atoms with E-state index in [1.165, 1.54) is 16.7 Å². The highest BCUT2D eigenvalue weighted by Crippen LogP contribution is 2.38. The van der Waals surface area contributed by atoms with Crippen LogP contribution in [-0.2, 0) is 0 Å². The van der Waals surface area contributed by atoms with E-state index in [0.717, 1.165) is 15.0 Å². The fourth-order valence-electron chi connectivity index (χ4n) is 2.28. The van der Waals surface area contributed by atoms with Crippen molar-refractivity contribution in [2.45, 2.75) is 5.92 Å². The highest BCUT2D eigenvalue weighted by Gasteiger charge is 2.24. The smallest absolute Gasteiger partial charge is 0.0781 e. The van der Waals surface area contributed by atoms with Crippen LogP contribution in [0, 0.1) is 0 Å². The molecule has 0 saturated carbocycles. The van der Waals surface area contributed by atoms with Crippen LogP contribution in [0.15, 0.2) is 48.5 Å². The van der Waals surface area contributed by atoms with E-state index < -0.39 is 0 Å². The summed E-state index contributed by atoms with van der Waals surface area (Å²) in [6.45, 7) is 0. The highest BCUT2D eigenvalue weighted by molar-refractivity contribution is 8.23. The van der Waals surface area contributed by atoms with Gasteiger partial charge in [-0.05, 0) is 23.3 Å². The van der Waals surface area contributed by atoms with Crippen molar-refractivity contribution in [3.05, 3.63) is 70.2 Å². The molecule has 0 spiro atoms. The Morgan fingerprint density at radius 2 is 1.78 bits per heavy atom. The Morgan fingerprint density at radius 1 is 1.06 bits per heavy atom. The lowest BCUT2D eigenvalue weighted by molar-refractivity contribution is 0.932. The third kappa shape index (κ3) is 2.20.